The number of anilines is 1. The summed E-state index contributed by atoms with van der Waals surface area (Å²) < 4.78 is 13.0. The van der Waals surface area contributed by atoms with Crippen molar-refractivity contribution in [2.45, 2.75) is 39.7 Å². The second-order valence-corrected chi connectivity index (χ2v) is 8.09. The number of carbonyl (C=O) groups excluding carboxylic acids is 3. The van der Waals surface area contributed by atoms with E-state index in [4.69, 9.17) is 0 Å². The average Bonchev–Trinajstić information content (AvgIpc) is 2.80. The van der Waals surface area contributed by atoms with Gasteiger partial charge in [0.15, 0.2) is 5.78 Å². The first kappa shape index (κ1) is 23.9. The molecule has 0 saturated carbocycles. The molecular formula is C27H27FN2O3. The van der Waals surface area contributed by atoms with Crippen LogP contribution in [0.3, 0.4) is 0 Å². The van der Waals surface area contributed by atoms with E-state index in [0.29, 0.717) is 16.8 Å². The minimum absolute atomic E-state index is 0.0536. The Labute approximate surface area is 193 Å². The molecule has 1 atom stereocenters. The van der Waals surface area contributed by atoms with Crippen LogP contribution in [-0.2, 0) is 4.79 Å². The molecule has 0 heterocycles. The van der Waals surface area contributed by atoms with Gasteiger partial charge in [-0.3, -0.25) is 14.4 Å². The van der Waals surface area contributed by atoms with Crippen molar-refractivity contribution in [2.24, 2.45) is 0 Å². The van der Waals surface area contributed by atoms with Gasteiger partial charge < -0.3 is 10.6 Å². The van der Waals surface area contributed by atoms with Gasteiger partial charge in [0.1, 0.15) is 5.82 Å². The van der Waals surface area contributed by atoms with E-state index in [1.165, 1.54) is 24.3 Å². The molecule has 1 unspecified atom stereocenters. The van der Waals surface area contributed by atoms with Crippen LogP contribution in [0.5, 0.6) is 0 Å². The Bertz CT molecular complexity index is 1150. The summed E-state index contributed by atoms with van der Waals surface area (Å²) in [6.45, 7) is 5.81. The molecule has 0 fully saturated rings. The van der Waals surface area contributed by atoms with Gasteiger partial charge in [-0.1, -0.05) is 24.3 Å². The summed E-state index contributed by atoms with van der Waals surface area (Å²) in [6, 6.07) is 17.7. The van der Waals surface area contributed by atoms with E-state index in [1.54, 1.807) is 18.2 Å². The topological polar surface area (TPSA) is 75.3 Å². The van der Waals surface area contributed by atoms with E-state index in [9.17, 15) is 18.8 Å². The molecule has 170 valence electrons. The van der Waals surface area contributed by atoms with E-state index in [0.717, 1.165) is 16.7 Å². The Balaban J connectivity index is 1.50. The fraction of sp³-hybridized carbons (Fsp3) is 0.222. The molecule has 0 spiro atoms. The van der Waals surface area contributed by atoms with Crippen LogP contribution in [-0.4, -0.2) is 17.6 Å². The zero-order valence-electron chi connectivity index (χ0n) is 18.9. The van der Waals surface area contributed by atoms with Crippen LogP contribution in [0.15, 0.2) is 66.7 Å². The number of amides is 2. The van der Waals surface area contributed by atoms with E-state index >= 15 is 0 Å². The Morgan fingerprint density at radius 1 is 0.818 bits per heavy atom. The first-order chi connectivity index (χ1) is 15.7. The number of carbonyl (C=O) groups is 3. The molecule has 3 rings (SSSR count). The first-order valence-electron chi connectivity index (χ1n) is 10.8. The Kier molecular flexibility index (Phi) is 7.72. The van der Waals surface area contributed by atoms with Crippen molar-refractivity contribution in [1.82, 2.24) is 5.32 Å². The van der Waals surface area contributed by atoms with Crippen LogP contribution in [0.4, 0.5) is 10.1 Å². The third-order valence-electron chi connectivity index (χ3n) is 5.56. The zero-order valence-corrected chi connectivity index (χ0v) is 18.9. The molecule has 0 aliphatic rings. The average molecular weight is 447 g/mol. The molecule has 2 amide bonds. The number of aryl methyl sites for hydroxylation is 2. The lowest BCUT2D eigenvalue weighted by atomic mass is 10.0. The lowest BCUT2D eigenvalue weighted by molar-refractivity contribution is -0.121. The van der Waals surface area contributed by atoms with Gasteiger partial charge >= 0.3 is 0 Å². The van der Waals surface area contributed by atoms with Crippen LogP contribution >= 0.6 is 0 Å². The van der Waals surface area contributed by atoms with Gasteiger partial charge in [0.05, 0.1) is 6.04 Å². The number of benzene rings is 3. The fourth-order valence-corrected chi connectivity index (χ4v) is 3.34. The normalized spacial score (nSPS) is 11.5. The second kappa shape index (κ2) is 10.7. The summed E-state index contributed by atoms with van der Waals surface area (Å²) in [5.41, 5.74) is 4.61. The number of rotatable bonds is 8. The molecule has 0 aliphatic heterocycles. The number of Topliss-reactive ketones (excluding diaryl/α,β-unsaturated/α-hetero) is 1. The van der Waals surface area contributed by atoms with Crippen LogP contribution in [0.1, 0.15) is 63.2 Å². The predicted molar refractivity (Wildman–Crippen MR) is 127 cm³/mol. The number of hydrogen-bond donors (Lipinski definition) is 2. The van der Waals surface area contributed by atoms with Gasteiger partial charge in [0, 0.05) is 29.7 Å². The fourth-order valence-electron chi connectivity index (χ4n) is 3.34. The third-order valence-corrected chi connectivity index (χ3v) is 5.56. The summed E-state index contributed by atoms with van der Waals surface area (Å²) in [7, 11) is 0. The monoisotopic (exact) mass is 446 g/mol. The molecule has 5 nitrogen and oxygen atoms in total. The van der Waals surface area contributed by atoms with Crippen LogP contribution in [0.25, 0.3) is 0 Å². The van der Waals surface area contributed by atoms with Gasteiger partial charge in [-0.15, -0.1) is 0 Å². The Morgan fingerprint density at radius 2 is 1.45 bits per heavy atom. The van der Waals surface area contributed by atoms with Crippen molar-refractivity contribution in [2.75, 3.05) is 5.32 Å². The van der Waals surface area contributed by atoms with Gasteiger partial charge in [-0.25, -0.2) is 4.39 Å². The lowest BCUT2D eigenvalue weighted by Gasteiger charge is -2.15. The molecule has 33 heavy (non-hydrogen) atoms. The maximum atomic E-state index is 13.0. The summed E-state index contributed by atoms with van der Waals surface area (Å²) >= 11 is 0. The largest absolute Gasteiger partial charge is 0.350 e. The highest BCUT2D eigenvalue weighted by Crippen LogP contribution is 2.18. The number of ketones is 1. The summed E-state index contributed by atoms with van der Waals surface area (Å²) in [4.78, 5) is 36.9. The van der Waals surface area contributed by atoms with Crippen molar-refractivity contribution in [3.63, 3.8) is 0 Å². The smallest absolute Gasteiger partial charge is 0.255 e. The number of halogens is 1. The Hall–Kier alpha value is -3.80. The summed E-state index contributed by atoms with van der Waals surface area (Å²) in [6.07, 6.45) is 0.261. The highest BCUT2D eigenvalue weighted by molar-refractivity contribution is 6.04. The van der Waals surface area contributed by atoms with Crippen molar-refractivity contribution in [3.05, 3.63) is 100 Å². The minimum atomic E-state index is -0.401. The highest BCUT2D eigenvalue weighted by atomic mass is 19.1. The SMILES string of the molecule is Cc1ccc(C(=O)CCC(=O)NC(C)c2ccc(NC(=O)c3ccc(F)cc3)cc2)cc1C. The molecule has 6 heteroatoms. The van der Waals surface area contributed by atoms with Gasteiger partial charge in [-0.05, 0) is 79.9 Å². The maximum absolute atomic E-state index is 13.0. The quantitative estimate of drug-likeness (QED) is 0.447. The molecule has 0 aliphatic carbocycles. The van der Waals surface area contributed by atoms with Crippen molar-refractivity contribution in [1.29, 1.82) is 0 Å². The summed E-state index contributed by atoms with van der Waals surface area (Å²) in [5, 5.41) is 5.65. The molecule has 0 aromatic heterocycles. The second-order valence-electron chi connectivity index (χ2n) is 8.09. The molecular weight excluding hydrogens is 419 g/mol. The molecule has 3 aromatic rings. The van der Waals surface area contributed by atoms with Gasteiger partial charge in [-0.2, -0.15) is 0 Å². The third kappa shape index (κ3) is 6.59. The molecule has 3 aromatic carbocycles. The summed E-state index contributed by atoms with van der Waals surface area (Å²) in [5.74, 6) is -0.991. The molecule has 0 bridgehead atoms. The van der Waals surface area contributed by atoms with E-state index in [2.05, 4.69) is 10.6 Å². The van der Waals surface area contributed by atoms with Gasteiger partial charge in [0.25, 0.3) is 5.91 Å². The highest BCUT2D eigenvalue weighted by Gasteiger charge is 2.14. The standard InChI is InChI=1S/C27H27FN2O3/c1-17-4-5-22(16-18(17)2)25(31)14-15-26(32)29-19(3)20-8-12-24(13-9-20)30-27(33)21-6-10-23(28)11-7-21/h4-13,16,19H,14-15H2,1-3H3,(H,29,32)(H,30,33). The van der Waals surface area contributed by atoms with Crippen molar-refractivity contribution in [3.8, 4) is 0 Å². The van der Waals surface area contributed by atoms with Gasteiger partial charge in [0.2, 0.25) is 5.91 Å². The molecule has 0 radical (unpaired) electrons. The first-order valence-corrected chi connectivity index (χ1v) is 10.8. The number of nitrogens with one attached hydrogen (secondary N) is 2. The Morgan fingerprint density at radius 3 is 2.09 bits per heavy atom. The van der Waals surface area contributed by atoms with Crippen LogP contribution in [0.2, 0.25) is 0 Å². The van der Waals surface area contributed by atoms with Crippen molar-refractivity contribution < 1.29 is 18.8 Å². The van der Waals surface area contributed by atoms with E-state index < -0.39 is 5.82 Å². The van der Waals surface area contributed by atoms with E-state index in [1.807, 2.05) is 45.0 Å². The van der Waals surface area contributed by atoms with Crippen LogP contribution < -0.4 is 10.6 Å². The van der Waals surface area contributed by atoms with Crippen LogP contribution in [0, 0.1) is 19.7 Å². The van der Waals surface area contributed by atoms with Crippen molar-refractivity contribution >= 4 is 23.3 Å². The zero-order chi connectivity index (χ0) is 24.0. The maximum Gasteiger partial charge on any atom is 0.255 e. The molecule has 0 saturated heterocycles. The van der Waals surface area contributed by atoms with E-state index in [-0.39, 0.29) is 36.5 Å². The number of hydrogen-bond acceptors (Lipinski definition) is 3. The lowest BCUT2D eigenvalue weighted by Crippen LogP contribution is -2.27. The predicted octanol–water partition coefficient (Wildman–Crippen LogP) is 5.54. The minimum Gasteiger partial charge on any atom is -0.350 e. The molecule has 2 N–H and O–H groups in total.